The van der Waals surface area contributed by atoms with Gasteiger partial charge in [0.25, 0.3) is 11.5 Å². The fourth-order valence-corrected chi connectivity index (χ4v) is 2.89. The lowest BCUT2D eigenvalue weighted by molar-refractivity contribution is -0.121. The van der Waals surface area contributed by atoms with Crippen LogP contribution in [-0.4, -0.2) is 21.6 Å². The van der Waals surface area contributed by atoms with Gasteiger partial charge in [-0.15, -0.1) is 0 Å². The predicted octanol–water partition coefficient (Wildman–Crippen LogP) is 2.12. The zero-order chi connectivity index (χ0) is 20.1. The van der Waals surface area contributed by atoms with E-state index < -0.39 is 5.91 Å². The molecule has 2 amide bonds. The summed E-state index contributed by atoms with van der Waals surface area (Å²) in [4.78, 5) is 37.2. The Morgan fingerprint density at radius 2 is 1.68 bits per heavy atom. The van der Waals surface area contributed by atoms with Crippen molar-refractivity contribution in [1.29, 1.82) is 0 Å². The molecule has 0 radical (unpaired) electrons. The number of nitrogens with one attached hydrogen (secondary N) is 2. The van der Waals surface area contributed by atoms with Gasteiger partial charge in [-0.1, -0.05) is 55.0 Å². The summed E-state index contributed by atoms with van der Waals surface area (Å²) in [5.74, 6) is -0.915. The van der Waals surface area contributed by atoms with Crippen LogP contribution in [0, 0.1) is 6.92 Å². The predicted molar refractivity (Wildman–Crippen MR) is 107 cm³/mol. The third kappa shape index (κ3) is 4.25. The maximum atomic E-state index is 12.6. The zero-order valence-electron chi connectivity index (χ0n) is 15.9. The van der Waals surface area contributed by atoms with Crippen molar-refractivity contribution < 1.29 is 9.59 Å². The molecule has 2 aromatic carbocycles. The molecule has 7 heteroatoms. The summed E-state index contributed by atoms with van der Waals surface area (Å²) in [6, 6.07) is 14.4. The molecule has 144 valence electrons. The van der Waals surface area contributed by atoms with E-state index in [0.717, 1.165) is 11.1 Å². The van der Waals surface area contributed by atoms with E-state index >= 15 is 0 Å². The number of rotatable bonds is 5. The minimum absolute atomic E-state index is 0.0966. The number of amides is 2. The standard InChI is InChI=1S/C21H22N4O3/c1-3-12-25-21(28)17-7-5-4-6-16(17)19(24-25)20(27)23-22-18(26)13-15-10-8-14(2)9-11-15/h4-11H,3,12-13H2,1-2H3,(H,22,26)(H,23,27). The van der Waals surface area contributed by atoms with Crippen molar-refractivity contribution in [2.75, 3.05) is 0 Å². The molecule has 0 aliphatic carbocycles. The van der Waals surface area contributed by atoms with E-state index in [9.17, 15) is 14.4 Å². The van der Waals surface area contributed by atoms with Crippen LogP contribution < -0.4 is 16.4 Å². The van der Waals surface area contributed by atoms with E-state index in [4.69, 9.17) is 0 Å². The van der Waals surface area contributed by atoms with Gasteiger partial charge in [0.2, 0.25) is 5.91 Å². The molecule has 0 atom stereocenters. The van der Waals surface area contributed by atoms with Gasteiger partial charge in [-0.3, -0.25) is 25.2 Å². The molecule has 0 unspecified atom stereocenters. The number of hydrogen-bond donors (Lipinski definition) is 2. The normalized spacial score (nSPS) is 10.6. The van der Waals surface area contributed by atoms with Gasteiger partial charge in [0.15, 0.2) is 5.69 Å². The molecule has 3 rings (SSSR count). The molecule has 28 heavy (non-hydrogen) atoms. The second kappa shape index (κ2) is 8.47. The Hall–Kier alpha value is -3.48. The summed E-state index contributed by atoms with van der Waals surface area (Å²) in [7, 11) is 0. The van der Waals surface area contributed by atoms with Crippen LogP contribution in [0.3, 0.4) is 0 Å². The van der Waals surface area contributed by atoms with Crippen LogP contribution in [0.5, 0.6) is 0 Å². The fraction of sp³-hybridized carbons (Fsp3) is 0.238. The van der Waals surface area contributed by atoms with Crippen molar-refractivity contribution >= 4 is 22.6 Å². The summed E-state index contributed by atoms with van der Waals surface area (Å²) in [6.45, 7) is 4.30. The minimum Gasteiger partial charge on any atom is -0.273 e. The number of carbonyl (C=O) groups is 2. The molecule has 1 heterocycles. The van der Waals surface area contributed by atoms with E-state index in [-0.39, 0.29) is 23.6 Å². The summed E-state index contributed by atoms with van der Waals surface area (Å²) in [5, 5.41) is 5.07. The van der Waals surface area contributed by atoms with Crippen LogP contribution >= 0.6 is 0 Å². The highest BCUT2D eigenvalue weighted by Gasteiger charge is 2.17. The molecule has 0 aliphatic rings. The van der Waals surface area contributed by atoms with Gasteiger partial charge in [-0.2, -0.15) is 5.10 Å². The Morgan fingerprint density at radius 3 is 2.36 bits per heavy atom. The number of nitrogens with zero attached hydrogens (tertiary/aromatic N) is 2. The first-order chi connectivity index (χ1) is 13.5. The lowest BCUT2D eigenvalue weighted by Gasteiger charge is -2.11. The molecule has 0 aliphatic heterocycles. The highest BCUT2D eigenvalue weighted by atomic mass is 16.2. The van der Waals surface area contributed by atoms with E-state index in [0.29, 0.717) is 23.7 Å². The SMILES string of the molecule is CCCn1nc(C(=O)NNC(=O)Cc2ccc(C)cc2)c2ccccc2c1=O. The molecule has 1 aromatic heterocycles. The van der Waals surface area contributed by atoms with Crippen LogP contribution in [0.4, 0.5) is 0 Å². The molecular formula is C21H22N4O3. The number of hydrazine groups is 1. The highest BCUT2D eigenvalue weighted by Crippen LogP contribution is 2.13. The topological polar surface area (TPSA) is 93.1 Å². The Bertz CT molecular complexity index is 1070. The van der Waals surface area contributed by atoms with Crippen LogP contribution in [0.1, 0.15) is 35.0 Å². The zero-order valence-corrected chi connectivity index (χ0v) is 15.9. The van der Waals surface area contributed by atoms with Crippen LogP contribution in [0.25, 0.3) is 10.8 Å². The number of fused-ring (bicyclic) bond motifs is 1. The van der Waals surface area contributed by atoms with Crippen molar-refractivity contribution in [2.45, 2.75) is 33.2 Å². The quantitative estimate of drug-likeness (QED) is 0.665. The van der Waals surface area contributed by atoms with Gasteiger partial charge in [0, 0.05) is 11.9 Å². The monoisotopic (exact) mass is 378 g/mol. The average Bonchev–Trinajstić information content (AvgIpc) is 2.70. The average molecular weight is 378 g/mol. The lowest BCUT2D eigenvalue weighted by Crippen LogP contribution is -2.43. The summed E-state index contributed by atoms with van der Waals surface area (Å²) in [5.41, 5.74) is 6.62. The van der Waals surface area contributed by atoms with Crippen molar-refractivity contribution in [1.82, 2.24) is 20.6 Å². The molecule has 0 saturated heterocycles. The highest BCUT2D eigenvalue weighted by molar-refractivity contribution is 6.05. The molecule has 0 fully saturated rings. The van der Waals surface area contributed by atoms with Crippen molar-refractivity contribution in [3.63, 3.8) is 0 Å². The Morgan fingerprint density at radius 1 is 1.00 bits per heavy atom. The van der Waals surface area contributed by atoms with Crippen molar-refractivity contribution in [3.05, 3.63) is 75.7 Å². The first-order valence-electron chi connectivity index (χ1n) is 9.14. The van der Waals surface area contributed by atoms with Gasteiger partial charge >= 0.3 is 0 Å². The Kier molecular flexibility index (Phi) is 5.84. The Labute approximate surface area is 162 Å². The van der Waals surface area contributed by atoms with Crippen LogP contribution in [0.15, 0.2) is 53.3 Å². The first-order valence-corrected chi connectivity index (χ1v) is 9.14. The third-order valence-corrected chi connectivity index (χ3v) is 4.32. The van der Waals surface area contributed by atoms with Crippen molar-refractivity contribution in [2.24, 2.45) is 0 Å². The lowest BCUT2D eigenvalue weighted by atomic mass is 10.1. The molecule has 0 bridgehead atoms. The maximum absolute atomic E-state index is 12.6. The van der Waals surface area contributed by atoms with E-state index in [1.54, 1.807) is 24.3 Å². The molecule has 2 N–H and O–H groups in total. The number of benzene rings is 2. The minimum atomic E-state index is -0.571. The van der Waals surface area contributed by atoms with E-state index in [2.05, 4.69) is 16.0 Å². The number of carbonyl (C=O) groups excluding carboxylic acids is 2. The van der Waals surface area contributed by atoms with Gasteiger partial charge in [0.1, 0.15) is 0 Å². The number of aromatic nitrogens is 2. The second-order valence-electron chi connectivity index (χ2n) is 6.59. The van der Waals surface area contributed by atoms with Crippen LogP contribution in [-0.2, 0) is 17.8 Å². The van der Waals surface area contributed by atoms with E-state index in [1.807, 2.05) is 38.1 Å². The molecule has 7 nitrogen and oxygen atoms in total. The van der Waals surface area contributed by atoms with Gasteiger partial charge in [0.05, 0.1) is 11.8 Å². The summed E-state index contributed by atoms with van der Waals surface area (Å²) >= 11 is 0. The van der Waals surface area contributed by atoms with E-state index in [1.165, 1.54) is 4.68 Å². The smallest absolute Gasteiger partial charge is 0.273 e. The summed E-state index contributed by atoms with van der Waals surface area (Å²) in [6.07, 6.45) is 0.851. The maximum Gasteiger partial charge on any atom is 0.290 e. The molecule has 0 saturated carbocycles. The van der Waals surface area contributed by atoms with Crippen molar-refractivity contribution in [3.8, 4) is 0 Å². The Balaban J connectivity index is 1.77. The summed E-state index contributed by atoms with van der Waals surface area (Å²) < 4.78 is 1.28. The number of hydrogen-bond acceptors (Lipinski definition) is 4. The van der Waals surface area contributed by atoms with Gasteiger partial charge in [-0.25, -0.2) is 4.68 Å². The fourth-order valence-electron chi connectivity index (χ4n) is 2.89. The first kappa shape index (κ1) is 19.3. The van der Waals surface area contributed by atoms with Gasteiger partial charge < -0.3 is 0 Å². The molecule has 3 aromatic rings. The third-order valence-electron chi connectivity index (χ3n) is 4.32. The van der Waals surface area contributed by atoms with Gasteiger partial charge in [-0.05, 0) is 25.0 Å². The molecule has 0 spiro atoms. The second-order valence-corrected chi connectivity index (χ2v) is 6.59. The van der Waals surface area contributed by atoms with Crippen LogP contribution in [0.2, 0.25) is 0 Å². The number of aryl methyl sites for hydroxylation is 2. The largest absolute Gasteiger partial charge is 0.290 e. The molecular weight excluding hydrogens is 356 g/mol.